The first-order valence-corrected chi connectivity index (χ1v) is 7.87. The van der Waals surface area contributed by atoms with Gasteiger partial charge in [-0.2, -0.15) is 0 Å². The van der Waals surface area contributed by atoms with E-state index in [4.69, 9.17) is 0 Å². The lowest BCUT2D eigenvalue weighted by atomic mass is 9.83. The summed E-state index contributed by atoms with van der Waals surface area (Å²) < 4.78 is 0. The molecule has 2 heteroatoms. The fourth-order valence-corrected chi connectivity index (χ4v) is 3.82. The molecule has 3 rings (SSSR count). The molecule has 0 amide bonds. The van der Waals surface area contributed by atoms with Gasteiger partial charge in [-0.05, 0) is 69.3 Å². The van der Waals surface area contributed by atoms with Gasteiger partial charge in [0.15, 0.2) is 0 Å². The number of rotatable bonds is 3. The summed E-state index contributed by atoms with van der Waals surface area (Å²) in [7, 11) is 0. The molecule has 1 N–H and O–H groups in total. The van der Waals surface area contributed by atoms with Crippen LogP contribution in [0.1, 0.15) is 37.7 Å². The Bertz CT molecular complexity index is 413. The topological polar surface area (TPSA) is 15.3 Å². The second kappa shape index (κ2) is 5.96. The minimum atomic E-state index is 0.842. The predicted octanol–water partition coefficient (Wildman–Crippen LogP) is 3.67. The predicted molar refractivity (Wildman–Crippen MR) is 81.6 cm³/mol. The Morgan fingerprint density at radius 3 is 2.95 bits per heavy atom. The van der Waals surface area contributed by atoms with Crippen LogP contribution in [0.15, 0.2) is 24.3 Å². The summed E-state index contributed by atoms with van der Waals surface area (Å²) in [6.07, 6.45) is 7.05. The van der Waals surface area contributed by atoms with Crippen LogP contribution in [-0.2, 0) is 0 Å². The van der Waals surface area contributed by atoms with Crippen LogP contribution >= 0.6 is 0 Å². The number of benzene rings is 1. The third-order valence-electron chi connectivity index (χ3n) is 4.82. The van der Waals surface area contributed by atoms with Gasteiger partial charge < -0.3 is 10.2 Å². The number of piperidine rings is 2. The van der Waals surface area contributed by atoms with E-state index in [0.29, 0.717) is 0 Å². The lowest BCUT2D eigenvalue weighted by Gasteiger charge is -2.44. The van der Waals surface area contributed by atoms with Crippen LogP contribution in [0.3, 0.4) is 0 Å². The van der Waals surface area contributed by atoms with Gasteiger partial charge in [-0.3, -0.25) is 0 Å². The number of fused-ring (bicyclic) bond motifs is 1. The zero-order valence-electron chi connectivity index (χ0n) is 12.1. The van der Waals surface area contributed by atoms with E-state index in [9.17, 15) is 0 Å². The molecule has 2 nitrogen and oxygen atoms in total. The van der Waals surface area contributed by atoms with Crippen LogP contribution in [0.5, 0.6) is 0 Å². The number of hydrogen-bond donors (Lipinski definition) is 1. The van der Waals surface area contributed by atoms with Crippen molar-refractivity contribution in [3.05, 3.63) is 29.8 Å². The molecule has 1 aromatic rings. The Balaban J connectivity index is 1.59. The monoisotopic (exact) mass is 258 g/mol. The molecule has 2 heterocycles. The maximum Gasteiger partial charge on any atom is 0.0342 e. The quantitative estimate of drug-likeness (QED) is 0.890. The molecule has 19 heavy (non-hydrogen) atoms. The molecule has 0 aromatic heterocycles. The molecule has 0 bridgehead atoms. The highest BCUT2D eigenvalue weighted by Gasteiger charge is 2.32. The van der Waals surface area contributed by atoms with E-state index in [-0.39, 0.29) is 0 Å². The Morgan fingerprint density at radius 2 is 2.05 bits per heavy atom. The molecule has 2 fully saturated rings. The van der Waals surface area contributed by atoms with Gasteiger partial charge in [0.1, 0.15) is 0 Å². The van der Waals surface area contributed by atoms with E-state index < -0.39 is 0 Å². The van der Waals surface area contributed by atoms with Gasteiger partial charge >= 0.3 is 0 Å². The number of nitrogens with zero attached hydrogens (tertiary/aromatic N) is 1. The number of aryl methyl sites for hydroxylation is 1. The van der Waals surface area contributed by atoms with Crippen molar-refractivity contribution in [1.82, 2.24) is 4.90 Å². The van der Waals surface area contributed by atoms with Gasteiger partial charge in [-0.25, -0.2) is 0 Å². The zero-order chi connectivity index (χ0) is 13.1. The van der Waals surface area contributed by atoms with Crippen molar-refractivity contribution >= 4 is 5.69 Å². The molecule has 2 aliphatic heterocycles. The Morgan fingerprint density at radius 1 is 1.16 bits per heavy atom. The standard InChI is InChI=1S/C17H26N2/c1-14-6-4-8-16(12-14)18-13-15-7-5-11-19-10-3-2-9-17(15)19/h4,6,8,12,15,17-18H,2-3,5,7,9-11,13H2,1H3. The van der Waals surface area contributed by atoms with Gasteiger partial charge in [-0.15, -0.1) is 0 Å². The van der Waals surface area contributed by atoms with Crippen molar-refractivity contribution < 1.29 is 0 Å². The fraction of sp³-hybridized carbons (Fsp3) is 0.647. The average molecular weight is 258 g/mol. The van der Waals surface area contributed by atoms with Gasteiger partial charge in [0.05, 0.1) is 0 Å². The van der Waals surface area contributed by atoms with E-state index in [1.165, 1.54) is 56.4 Å². The van der Waals surface area contributed by atoms with Gasteiger partial charge in [-0.1, -0.05) is 18.6 Å². The molecule has 2 saturated heterocycles. The third kappa shape index (κ3) is 3.11. The van der Waals surface area contributed by atoms with Crippen molar-refractivity contribution in [2.75, 3.05) is 25.0 Å². The smallest absolute Gasteiger partial charge is 0.0342 e. The Hall–Kier alpha value is -1.02. The zero-order valence-corrected chi connectivity index (χ0v) is 12.1. The second-order valence-corrected chi connectivity index (χ2v) is 6.25. The molecular weight excluding hydrogens is 232 g/mol. The van der Waals surface area contributed by atoms with E-state index in [2.05, 4.69) is 41.4 Å². The van der Waals surface area contributed by atoms with E-state index in [1.54, 1.807) is 0 Å². The van der Waals surface area contributed by atoms with E-state index >= 15 is 0 Å². The van der Waals surface area contributed by atoms with Crippen LogP contribution in [0.2, 0.25) is 0 Å². The van der Waals surface area contributed by atoms with Crippen molar-refractivity contribution in [3.63, 3.8) is 0 Å². The van der Waals surface area contributed by atoms with Crippen LogP contribution in [0, 0.1) is 12.8 Å². The summed E-state index contributed by atoms with van der Waals surface area (Å²) in [6.45, 7) is 5.98. The first-order valence-electron chi connectivity index (χ1n) is 7.87. The molecule has 0 radical (unpaired) electrons. The van der Waals surface area contributed by atoms with Crippen LogP contribution in [0.4, 0.5) is 5.69 Å². The summed E-state index contributed by atoms with van der Waals surface area (Å²) in [5, 5.41) is 3.66. The number of hydrogen-bond acceptors (Lipinski definition) is 2. The van der Waals surface area contributed by atoms with Crippen molar-refractivity contribution in [3.8, 4) is 0 Å². The summed E-state index contributed by atoms with van der Waals surface area (Å²) >= 11 is 0. The first-order chi connectivity index (χ1) is 9.33. The average Bonchev–Trinajstić information content (AvgIpc) is 2.45. The van der Waals surface area contributed by atoms with Crippen molar-refractivity contribution in [2.45, 2.75) is 45.1 Å². The highest BCUT2D eigenvalue weighted by molar-refractivity contribution is 5.45. The third-order valence-corrected chi connectivity index (χ3v) is 4.82. The van der Waals surface area contributed by atoms with E-state index in [0.717, 1.165) is 18.5 Å². The van der Waals surface area contributed by atoms with Gasteiger partial charge in [0, 0.05) is 18.3 Å². The fourth-order valence-electron chi connectivity index (χ4n) is 3.82. The Labute approximate surface area is 117 Å². The molecule has 2 atom stereocenters. The Kier molecular flexibility index (Phi) is 4.07. The SMILES string of the molecule is Cc1cccc(NCC2CCCN3CCCCC23)c1. The van der Waals surface area contributed by atoms with Crippen LogP contribution < -0.4 is 5.32 Å². The largest absolute Gasteiger partial charge is 0.385 e. The van der Waals surface area contributed by atoms with Gasteiger partial charge in [0.2, 0.25) is 0 Å². The highest BCUT2D eigenvalue weighted by Crippen LogP contribution is 2.31. The minimum Gasteiger partial charge on any atom is -0.385 e. The molecule has 0 spiro atoms. The summed E-state index contributed by atoms with van der Waals surface area (Å²) in [5.74, 6) is 0.842. The van der Waals surface area contributed by atoms with E-state index in [1.807, 2.05) is 0 Å². The summed E-state index contributed by atoms with van der Waals surface area (Å²) in [5.41, 5.74) is 2.63. The summed E-state index contributed by atoms with van der Waals surface area (Å²) in [6, 6.07) is 9.59. The normalized spacial score (nSPS) is 27.8. The molecule has 2 unspecified atom stereocenters. The lowest BCUT2D eigenvalue weighted by molar-refractivity contribution is 0.0649. The second-order valence-electron chi connectivity index (χ2n) is 6.25. The highest BCUT2D eigenvalue weighted by atomic mass is 15.2. The lowest BCUT2D eigenvalue weighted by Crippen LogP contribution is -2.49. The van der Waals surface area contributed by atoms with Crippen LogP contribution in [-0.4, -0.2) is 30.6 Å². The molecule has 104 valence electrons. The first kappa shape index (κ1) is 13.0. The molecule has 1 aromatic carbocycles. The molecular formula is C17H26N2. The number of anilines is 1. The van der Waals surface area contributed by atoms with Crippen LogP contribution in [0.25, 0.3) is 0 Å². The maximum atomic E-state index is 3.66. The van der Waals surface area contributed by atoms with Gasteiger partial charge in [0.25, 0.3) is 0 Å². The van der Waals surface area contributed by atoms with Crippen molar-refractivity contribution in [1.29, 1.82) is 0 Å². The maximum absolute atomic E-state index is 3.66. The molecule has 2 aliphatic rings. The number of nitrogens with one attached hydrogen (secondary N) is 1. The minimum absolute atomic E-state index is 0.842. The molecule has 0 saturated carbocycles. The van der Waals surface area contributed by atoms with Crippen molar-refractivity contribution in [2.24, 2.45) is 5.92 Å². The summed E-state index contributed by atoms with van der Waals surface area (Å²) in [4.78, 5) is 2.75. The molecule has 0 aliphatic carbocycles.